The lowest BCUT2D eigenvalue weighted by Crippen LogP contribution is -2.09. The second kappa shape index (κ2) is 10.5. The third-order valence-corrected chi connectivity index (χ3v) is 3.43. The lowest BCUT2D eigenvalue weighted by atomic mass is 10.2. The van der Waals surface area contributed by atoms with Crippen LogP contribution in [0.5, 0.6) is 5.75 Å². The molecule has 1 aromatic heterocycles. The number of benzene rings is 1. The molecule has 0 aliphatic rings. The van der Waals surface area contributed by atoms with Gasteiger partial charge in [0.25, 0.3) is 0 Å². The average Bonchev–Trinajstić information content (AvgIpc) is 3.04. The van der Waals surface area contributed by atoms with Crippen molar-refractivity contribution in [2.45, 2.75) is 39.7 Å². The first-order valence-corrected chi connectivity index (χ1v) is 8.65. The number of carbonyl (C=O) groups is 1. The van der Waals surface area contributed by atoms with E-state index in [-0.39, 0.29) is 19.0 Å². The second-order valence-corrected chi connectivity index (χ2v) is 5.42. The maximum atomic E-state index is 12.1. The molecule has 0 bridgehead atoms. The molecule has 0 radical (unpaired) electrons. The molecule has 0 aliphatic heterocycles. The third kappa shape index (κ3) is 6.23. The van der Waals surface area contributed by atoms with Crippen LogP contribution in [0, 0.1) is 0 Å². The number of oxazole rings is 1. The highest BCUT2D eigenvalue weighted by Crippen LogP contribution is 2.17. The maximum Gasteiger partial charge on any atom is 0.376 e. The van der Waals surface area contributed by atoms with E-state index < -0.39 is 5.97 Å². The number of esters is 1. The van der Waals surface area contributed by atoms with Gasteiger partial charge in [-0.15, -0.1) is 0 Å². The van der Waals surface area contributed by atoms with Gasteiger partial charge >= 0.3 is 5.97 Å². The van der Waals surface area contributed by atoms with E-state index >= 15 is 0 Å². The molecule has 0 saturated carbocycles. The van der Waals surface area contributed by atoms with Crippen molar-refractivity contribution in [2.75, 3.05) is 19.8 Å². The summed E-state index contributed by atoms with van der Waals surface area (Å²) in [4.78, 5) is 16.4. The van der Waals surface area contributed by atoms with E-state index in [1.54, 1.807) is 6.92 Å². The van der Waals surface area contributed by atoms with Crippen molar-refractivity contribution in [1.82, 2.24) is 4.98 Å². The van der Waals surface area contributed by atoms with Crippen LogP contribution in [0.2, 0.25) is 0 Å². The van der Waals surface area contributed by atoms with E-state index in [9.17, 15) is 4.79 Å². The summed E-state index contributed by atoms with van der Waals surface area (Å²) >= 11 is 0. The normalized spacial score (nSPS) is 10.6. The number of nitrogens with zero attached hydrogens (tertiary/aromatic N) is 1. The molecule has 1 aromatic carbocycles. The van der Waals surface area contributed by atoms with E-state index in [1.165, 1.54) is 0 Å². The molecule has 0 N–H and O–H groups in total. The standard InChI is InChI=1S/C19H25NO5/c1-3-5-12-22-13-11-16-18(19(21)23-4-2)25-17(20-16)14-24-15-9-7-6-8-10-15/h6-10H,3-5,11-14H2,1-2H3. The van der Waals surface area contributed by atoms with Gasteiger partial charge in [0.15, 0.2) is 6.61 Å². The number of hydrogen-bond donors (Lipinski definition) is 0. The third-order valence-electron chi connectivity index (χ3n) is 3.43. The molecule has 6 nitrogen and oxygen atoms in total. The van der Waals surface area contributed by atoms with Crippen molar-refractivity contribution in [3.63, 3.8) is 0 Å². The van der Waals surface area contributed by atoms with Crippen LogP contribution in [0.15, 0.2) is 34.7 Å². The first-order chi connectivity index (χ1) is 12.2. The Morgan fingerprint density at radius 1 is 1.16 bits per heavy atom. The number of rotatable bonds is 11. The molecule has 2 aromatic rings. The summed E-state index contributed by atoms with van der Waals surface area (Å²) in [6.45, 7) is 5.47. The van der Waals surface area contributed by atoms with Crippen molar-refractivity contribution in [1.29, 1.82) is 0 Å². The summed E-state index contributed by atoms with van der Waals surface area (Å²) in [5, 5.41) is 0. The molecule has 0 atom stereocenters. The molecule has 2 rings (SSSR count). The van der Waals surface area contributed by atoms with Crippen LogP contribution in [0.4, 0.5) is 0 Å². The predicted molar refractivity (Wildman–Crippen MR) is 92.7 cm³/mol. The fourth-order valence-corrected chi connectivity index (χ4v) is 2.17. The van der Waals surface area contributed by atoms with Crippen LogP contribution in [0.1, 0.15) is 48.8 Å². The molecule has 0 fully saturated rings. The van der Waals surface area contributed by atoms with Gasteiger partial charge in [0.1, 0.15) is 5.75 Å². The van der Waals surface area contributed by atoms with Crippen LogP contribution in [0.25, 0.3) is 0 Å². The van der Waals surface area contributed by atoms with Crippen LogP contribution >= 0.6 is 0 Å². The predicted octanol–water partition coefficient (Wildman–Crippen LogP) is 3.79. The zero-order chi connectivity index (χ0) is 17.9. The summed E-state index contributed by atoms with van der Waals surface area (Å²) in [5.74, 6) is 0.676. The highest BCUT2D eigenvalue weighted by molar-refractivity contribution is 5.87. The largest absolute Gasteiger partial charge is 0.484 e. The van der Waals surface area contributed by atoms with Crippen LogP contribution in [-0.2, 0) is 22.5 Å². The van der Waals surface area contributed by atoms with Gasteiger partial charge in [-0.05, 0) is 25.5 Å². The number of hydrogen-bond acceptors (Lipinski definition) is 6. The van der Waals surface area contributed by atoms with Crippen LogP contribution in [-0.4, -0.2) is 30.8 Å². The molecule has 6 heteroatoms. The smallest absolute Gasteiger partial charge is 0.376 e. The minimum atomic E-state index is -0.510. The molecule has 0 aliphatic carbocycles. The molecular weight excluding hydrogens is 322 g/mol. The lowest BCUT2D eigenvalue weighted by molar-refractivity contribution is 0.0483. The molecule has 0 amide bonds. The first-order valence-electron chi connectivity index (χ1n) is 8.65. The van der Waals surface area contributed by atoms with Crippen molar-refractivity contribution >= 4 is 5.97 Å². The second-order valence-electron chi connectivity index (χ2n) is 5.42. The van der Waals surface area contributed by atoms with Gasteiger partial charge in [-0.1, -0.05) is 31.5 Å². The summed E-state index contributed by atoms with van der Waals surface area (Å²) in [7, 11) is 0. The average molecular weight is 347 g/mol. The van der Waals surface area contributed by atoms with Gasteiger partial charge in [-0.2, -0.15) is 0 Å². The number of ether oxygens (including phenoxy) is 3. The first kappa shape index (κ1) is 19.0. The molecular formula is C19H25NO5. The van der Waals surface area contributed by atoms with Gasteiger partial charge in [0.05, 0.1) is 18.9 Å². The van der Waals surface area contributed by atoms with Gasteiger partial charge < -0.3 is 18.6 Å². The Bertz CT molecular complexity index is 639. The SMILES string of the molecule is CCCCOCCc1nc(COc2ccccc2)oc1C(=O)OCC. The van der Waals surface area contributed by atoms with Gasteiger partial charge in [0.2, 0.25) is 11.7 Å². The topological polar surface area (TPSA) is 70.8 Å². The number of unbranched alkanes of at least 4 members (excludes halogenated alkanes) is 1. The fourth-order valence-electron chi connectivity index (χ4n) is 2.17. The minimum Gasteiger partial charge on any atom is -0.484 e. The highest BCUT2D eigenvalue weighted by Gasteiger charge is 2.21. The number of carbonyl (C=O) groups excluding carboxylic acids is 1. The fraction of sp³-hybridized carbons (Fsp3) is 0.474. The molecule has 0 spiro atoms. The van der Waals surface area contributed by atoms with Crippen LogP contribution < -0.4 is 4.74 Å². The molecule has 136 valence electrons. The molecule has 0 saturated heterocycles. The van der Waals surface area contributed by atoms with Gasteiger partial charge in [0, 0.05) is 13.0 Å². The summed E-state index contributed by atoms with van der Waals surface area (Å²) in [6, 6.07) is 9.37. The zero-order valence-corrected chi connectivity index (χ0v) is 14.8. The summed E-state index contributed by atoms with van der Waals surface area (Å²) in [6.07, 6.45) is 2.59. The maximum absolute atomic E-state index is 12.1. The Balaban J connectivity index is 1.99. The van der Waals surface area contributed by atoms with Crippen molar-refractivity contribution in [3.05, 3.63) is 47.7 Å². The lowest BCUT2D eigenvalue weighted by Gasteiger charge is -2.02. The van der Waals surface area contributed by atoms with Crippen LogP contribution in [0.3, 0.4) is 0 Å². The molecule has 1 heterocycles. The van der Waals surface area contributed by atoms with E-state index in [0.717, 1.165) is 12.8 Å². The van der Waals surface area contributed by atoms with E-state index in [2.05, 4.69) is 11.9 Å². The molecule has 25 heavy (non-hydrogen) atoms. The minimum absolute atomic E-state index is 0.132. The Kier molecular flexibility index (Phi) is 7.98. The Morgan fingerprint density at radius 2 is 1.96 bits per heavy atom. The van der Waals surface area contributed by atoms with Crippen molar-refractivity contribution < 1.29 is 23.4 Å². The van der Waals surface area contributed by atoms with E-state index in [1.807, 2.05) is 30.3 Å². The Morgan fingerprint density at radius 3 is 2.68 bits per heavy atom. The number of aromatic nitrogens is 1. The van der Waals surface area contributed by atoms with Gasteiger partial charge in [-0.25, -0.2) is 9.78 Å². The zero-order valence-electron chi connectivity index (χ0n) is 14.8. The summed E-state index contributed by atoms with van der Waals surface area (Å²) < 4.78 is 21.8. The Labute approximate surface area is 148 Å². The van der Waals surface area contributed by atoms with E-state index in [4.69, 9.17) is 18.6 Å². The Hall–Kier alpha value is -2.34. The molecule has 0 unspecified atom stereocenters. The van der Waals surface area contributed by atoms with Crippen molar-refractivity contribution in [3.8, 4) is 5.75 Å². The highest BCUT2D eigenvalue weighted by atomic mass is 16.5. The van der Waals surface area contributed by atoms with Gasteiger partial charge in [-0.3, -0.25) is 0 Å². The monoisotopic (exact) mass is 347 g/mol. The number of para-hydroxylation sites is 1. The van der Waals surface area contributed by atoms with Crippen molar-refractivity contribution in [2.24, 2.45) is 0 Å². The summed E-state index contributed by atoms with van der Waals surface area (Å²) in [5.41, 5.74) is 0.543. The quantitative estimate of drug-likeness (QED) is 0.455. The van der Waals surface area contributed by atoms with E-state index in [0.29, 0.717) is 37.0 Å².